The number of benzene rings is 1. The SMILES string of the molecule is CCOC(=O)CC(NC)c1cncc2ccccc12. The number of esters is 1. The molecule has 4 nitrogen and oxygen atoms in total. The molecule has 2 aromatic rings. The molecule has 0 fully saturated rings. The predicted octanol–water partition coefficient (Wildman–Crippen LogP) is 2.45. The zero-order valence-corrected chi connectivity index (χ0v) is 11.2. The van der Waals surface area contributed by atoms with E-state index in [-0.39, 0.29) is 12.0 Å². The summed E-state index contributed by atoms with van der Waals surface area (Å²) in [7, 11) is 1.84. The van der Waals surface area contributed by atoms with Crippen molar-refractivity contribution < 1.29 is 9.53 Å². The van der Waals surface area contributed by atoms with Crippen LogP contribution < -0.4 is 5.32 Å². The molecule has 100 valence electrons. The van der Waals surface area contributed by atoms with Crippen LogP contribution in [0.5, 0.6) is 0 Å². The lowest BCUT2D eigenvalue weighted by Gasteiger charge is -2.17. The second-order valence-corrected chi connectivity index (χ2v) is 4.30. The Hall–Kier alpha value is -1.94. The van der Waals surface area contributed by atoms with Gasteiger partial charge in [0.15, 0.2) is 0 Å². The summed E-state index contributed by atoms with van der Waals surface area (Å²) in [6, 6.07) is 7.94. The van der Waals surface area contributed by atoms with Crippen molar-refractivity contribution >= 4 is 16.7 Å². The lowest BCUT2D eigenvalue weighted by molar-refractivity contribution is -0.143. The number of aromatic nitrogens is 1. The number of hydrogen-bond acceptors (Lipinski definition) is 4. The van der Waals surface area contributed by atoms with E-state index in [0.29, 0.717) is 13.0 Å². The van der Waals surface area contributed by atoms with Gasteiger partial charge in [0.1, 0.15) is 0 Å². The van der Waals surface area contributed by atoms with Gasteiger partial charge in [-0.2, -0.15) is 0 Å². The first-order valence-electron chi connectivity index (χ1n) is 6.41. The van der Waals surface area contributed by atoms with Gasteiger partial charge >= 0.3 is 5.97 Å². The maximum atomic E-state index is 11.6. The Balaban J connectivity index is 2.32. The van der Waals surface area contributed by atoms with Crippen molar-refractivity contribution in [3.05, 3.63) is 42.2 Å². The fourth-order valence-electron chi connectivity index (χ4n) is 2.17. The van der Waals surface area contributed by atoms with E-state index >= 15 is 0 Å². The largest absolute Gasteiger partial charge is 0.466 e. The molecule has 0 spiro atoms. The van der Waals surface area contributed by atoms with E-state index < -0.39 is 0 Å². The first-order chi connectivity index (χ1) is 9.26. The van der Waals surface area contributed by atoms with E-state index in [2.05, 4.69) is 10.3 Å². The molecular formula is C15H18N2O2. The van der Waals surface area contributed by atoms with Crippen molar-refractivity contribution in [2.45, 2.75) is 19.4 Å². The van der Waals surface area contributed by atoms with Crippen LogP contribution in [0.15, 0.2) is 36.7 Å². The Morgan fingerprint density at radius 1 is 1.37 bits per heavy atom. The number of carbonyl (C=O) groups is 1. The van der Waals surface area contributed by atoms with Crippen LogP contribution in [0.4, 0.5) is 0 Å². The maximum absolute atomic E-state index is 11.6. The third-order valence-corrected chi connectivity index (χ3v) is 3.10. The number of nitrogens with zero attached hydrogens (tertiary/aromatic N) is 1. The van der Waals surface area contributed by atoms with Crippen LogP contribution in [-0.2, 0) is 9.53 Å². The van der Waals surface area contributed by atoms with Crippen molar-refractivity contribution in [1.82, 2.24) is 10.3 Å². The molecule has 0 aliphatic rings. The summed E-state index contributed by atoms with van der Waals surface area (Å²) in [4.78, 5) is 15.9. The molecule has 1 aromatic heterocycles. The number of ether oxygens (including phenoxy) is 1. The van der Waals surface area contributed by atoms with E-state index in [1.807, 2.05) is 50.6 Å². The standard InChI is InChI=1S/C15H18N2O2/c1-3-19-15(18)8-14(16-2)13-10-17-9-11-6-4-5-7-12(11)13/h4-7,9-10,14,16H,3,8H2,1-2H3. The van der Waals surface area contributed by atoms with Crippen molar-refractivity contribution in [3.63, 3.8) is 0 Å². The fraction of sp³-hybridized carbons (Fsp3) is 0.333. The quantitative estimate of drug-likeness (QED) is 0.837. The third kappa shape index (κ3) is 3.09. The van der Waals surface area contributed by atoms with Gasteiger partial charge in [0.25, 0.3) is 0 Å². The molecule has 1 unspecified atom stereocenters. The van der Waals surface area contributed by atoms with Crippen molar-refractivity contribution in [2.75, 3.05) is 13.7 Å². The minimum absolute atomic E-state index is 0.0855. The molecule has 2 rings (SSSR count). The van der Waals surface area contributed by atoms with Gasteiger partial charge in [-0.1, -0.05) is 24.3 Å². The van der Waals surface area contributed by atoms with E-state index in [1.165, 1.54) is 0 Å². The number of rotatable bonds is 5. The maximum Gasteiger partial charge on any atom is 0.307 e. The Kier molecular flexibility index (Phi) is 4.47. The van der Waals surface area contributed by atoms with Crippen molar-refractivity contribution in [2.24, 2.45) is 0 Å². The van der Waals surface area contributed by atoms with Crippen LogP contribution in [0.2, 0.25) is 0 Å². The molecule has 0 saturated heterocycles. The topological polar surface area (TPSA) is 51.2 Å². The highest BCUT2D eigenvalue weighted by atomic mass is 16.5. The predicted molar refractivity (Wildman–Crippen MR) is 74.8 cm³/mol. The summed E-state index contributed by atoms with van der Waals surface area (Å²) >= 11 is 0. The summed E-state index contributed by atoms with van der Waals surface area (Å²) in [5.41, 5.74) is 1.02. The third-order valence-electron chi connectivity index (χ3n) is 3.10. The van der Waals surface area contributed by atoms with Gasteiger partial charge < -0.3 is 10.1 Å². The van der Waals surface area contributed by atoms with Gasteiger partial charge in [0.05, 0.1) is 13.0 Å². The Bertz CT molecular complexity index is 564. The average Bonchev–Trinajstić information content (AvgIpc) is 2.44. The van der Waals surface area contributed by atoms with E-state index in [9.17, 15) is 4.79 Å². The summed E-state index contributed by atoms with van der Waals surface area (Å²) in [6.45, 7) is 2.22. The zero-order valence-electron chi connectivity index (χ0n) is 11.2. The fourth-order valence-corrected chi connectivity index (χ4v) is 2.17. The van der Waals surface area contributed by atoms with Gasteiger partial charge in [0, 0.05) is 23.8 Å². The smallest absolute Gasteiger partial charge is 0.307 e. The molecule has 1 atom stereocenters. The Labute approximate surface area is 112 Å². The molecule has 0 aliphatic carbocycles. The summed E-state index contributed by atoms with van der Waals surface area (Å²) in [5.74, 6) is -0.199. The molecule has 1 aromatic carbocycles. The summed E-state index contributed by atoms with van der Waals surface area (Å²) in [5, 5.41) is 5.34. The van der Waals surface area contributed by atoms with Gasteiger partial charge in [-0.05, 0) is 24.9 Å². The van der Waals surface area contributed by atoms with Crippen LogP contribution >= 0.6 is 0 Å². The second kappa shape index (κ2) is 6.29. The first-order valence-corrected chi connectivity index (χ1v) is 6.41. The number of hydrogen-bond donors (Lipinski definition) is 1. The van der Waals surface area contributed by atoms with Gasteiger partial charge in [-0.15, -0.1) is 0 Å². The molecular weight excluding hydrogens is 240 g/mol. The van der Waals surface area contributed by atoms with Crippen LogP contribution in [-0.4, -0.2) is 24.6 Å². The minimum Gasteiger partial charge on any atom is -0.466 e. The van der Waals surface area contributed by atoms with Gasteiger partial charge in [-0.3, -0.25) is 9.78 Å². The van der Waals surface area contributed by atoms with E-state index in [0.717, 1.165) is 16.3 Å². The first kappa shape index (κ1) is 13.5. The molecule has 0 saturated carbocycles. The van der Waals surface area contributed by atoms with Crippen LogP contribution in [0, 0.1) is 0 Å². The number of carbonyl (C=O) groups excluding carboxylic acids is 1. The molecule has 0 bridgehead atoms. The molecule has 1 heterocycles. The van der Waals surface area contributed by atoms with Crippen molar-refractivity contribution in [3.8, 4) is 0 Å². The monoisotopic (exact) mass is 258 g/mol. The normalized spacial score (nSPS) is 12.3. The highest BCUT2D eigenvalue weighted by molar-refractivity contribution is 5.85. The van der Waals surface area contributed by atoms with E-state index in [1.54, 1.807) is 0 Å². The van der Waals surface area contributed by atoms with Gasteiger partial charge in [-0.25, -0.2) is 0 Å². The van der Waals surface area contributed by atoms with Crippen molar-refractivity contribution in [1.29, 1.82) is 0 Å². The molecule has 0 aliphatic heterocycles. The average molecular weight is 258 g/mol. The lowest BCUT2D eigenvalue weighted by Crippen LogP contribution is -2.21. The van der Waals surface area contributed by atoms with Crippen LogP contribution in [0.25, 0.3) is 10.8 Å². The van der Waals surface area contributed by atoms with E-state index in [4.69, 9.17) is 4.74 Å². The molecule has 0 radical (unpaired) electrons. The highest BCUT2D eigenvalue weighted by Crippen LogP contribution is 2.25. The molecule has 4 heteroatoms. The lowest BCUT2D eigenvalue weighted by atomic mass is 9.99. The number of fused-ring (bicyclic) bond motifs is 1. The Morgan fingerprint density at radius 3 is 2.89 bits per heavy atom. The van der Waals surface area contributed by atoms with Crippen LogP contribution in [0.1, 0.15) is 24.9 Å². The Morgan fingerprint density at radius 2 is 2.16 bits per heavy atom. The summed E-state index contributed by atoms with van der Waals surface area (Å²) in [6.07, 6.45) is 3.94. The van der Waals surface area contributed by atoms with Crippen LogP contribution in [0.3, 0.4) is 0 Å². The van der Waals surface area contributed by atoms with Gasteiger partial charge in [0.2, 0.25) is 0 Å². The number of nitrogens with one attached hydrogen (secondary N) is 1. The summed E-state index contributed by atoms with van der Waals surface area (Å²) < 4.78 is 5.01. The molecule has 0 amide bonds. The molecule has 19 heavy (non-hydrogen) atoms. The zero-order chi connectivity index (χ0) is 13.7. The molecule has 1 N–H and O–H groups in total. The second-order valence-electron chi connectivity index (χ2n) is 4.30. The highest BCUT2D eigenvalue weighted by Gasteiger charge is 2.17. The minimum atomic E-state index is -0.199. The number of pyridine rings is 1.